The van der Waals surface area contributed by atoms with Crippen molar-refractivity contribution in [1.29, 1.82) is 0 Å². The molecule has 2 heterocycles. The van der Waals surface area contributed by atoms with Gasteiger partial charge in [0.25, 0.3) is 5.91 Å². The molecule has 0 spiro atoms. The maximum atomic E-state index is 12.5. The number of carbonyl (C=O) groups excluding carboxylic acids is 1. The number of nitrogens with zero attached hydrogens (tertiary/aromatic N) is 2. The molecule has 1 unspecified atom stereocenters. The first kappa shape index (κ1) is 20.7. The second kappa shape index (κ2) is 7.97. The van der Waals surface area contributed by atoms with E-state index in [1.807, 2.05) is 0 Å². The number of piperidine rings is 1. The van der Waals surface area contributed by atoms with E-state index in [9.17, 15) is 26.4 Å². The summed E-state index contributed by atoms with van der Waals surface area (Å²) in [5.41, 5.74) is 0.0781. The molecule has 0 aromatic carbocycles. The quantitative estimate of drug-likeness (QED) is 0.792. The van der Waals surface area contributed by atoms with Crippen molar-refractivity contribution < 1.29 is 31.1 Å². The zero-order chi connectivity index (χ0) is 19.5. The van der Waals surface area contributed by atoms with Gasteiger partial charge in [-0.15, -0.1) is 0 Å². The Hall–Kier alpha value is -1.59. The highest BCUT2D eigenvalue weighted by atomic mass is 35.5. The molecule has 7 nitrogen and oxygen atoms in total. The zero-order valence-corrected chi connectivity index (χ0v) is 15.3. The van der Waals surface area contributed by atoms with Gasteiger partial charge in [0.2, 0.25) is 15.9 Å². The number of ether oxygens (including phenoxy) is 1. The lowest BCUT2D eigenvalue weighted by atomic mass is 10.1. The van der Waals surface area contributed by atoms with Gasteiger partial charge in [-0.2, -0.15) is 13.2 Å². The molecule has 1 aliphatic heterocycles. The molecule has 1 N–H and O–H groups in total. The number of hydrogen-bond acceptors (Lipinski definition) is 5. The van der Waals surface area contributed by atoms with Crippen LogP contribution in [0, 0.1) is 0 Å². The van der Waals surface area contributed by atoms with Crippen molar-refractivity contribution >= 4 is 27.5 Å². The van der Waals surface area contributed by atoms with Crippen molar-refractivity contribution in [3.05, 3.63) is 22.8 Å². The maximum Gasteiger partial charge on any atom is 0.422 e. The van der Waals surface area contributed by atoms with Crippen LogP contribution < -0.4 is 9.46 Å². The summed E-state index contributed by atoms with van der Waals surface area (Å²) in [6.45, 7) is -0.946. The number of halogens is 4. The minimum atomic E-state index is -4.53. The van der Waals surface area contributed by atoms with Crippen LogP contribution in [0.2, 0.25) is 5.02 Å². The highest BCUT2D eigenvalue weighted by Crippen LogP contribution is 2.26. The Labute approximate surface area is 153 Å². The standard InChI is InChI=1S/C14H17ClF3N3O4S/c1-26(23,24)20-10-3-2-4-21(7-10)13(22)9-5-11(15)12(19-6-9)25-8-14(16,17)18/h5-6,10,20H,2-4,7-8H2,1H3. The van der Waals surface area contributed by atoms with Crippen molar-refractivity contribution in [3.63, 3.8) is 0 Å². The Morgan fingerprint density at radius 1 is 1.50 bits per heavy atom. The lowest BCUT2D eigenvalue weighted by Gasteiger charge is -2.32. The monoisotopic (exact) mass is 415 g/mol. The average Bonchev–Trinajstić information content (AvgIpc) is 2.50. The Morgan fingerprint density at radius 2 is 2.19 bits per heavy atom. The molecular formula is C14H17ClF3N3O4S. The van der Waals surface area contributed by atoms with Gasteiger partial charge in [-0.25, -0.2) is 18.1 Å². The van der Waals surface area contributed by atoms with Crippen LogP contribution in [0.5, 0.6) is 5.88 Å². The number of likely N-dealkylation sites (tertiary alicyclic amines) is 1. The summed E-state index contributed by atoms with van der Waals surface area (Å²) in [5, 5.41) is -0.220. The van der Waals surface area contributed by atoms with Crippen LogP contribution in [-0.4, -0.2) is 62.4 Å². The van der Waals surface area contributed by atoms with E-state index >= 15 is 0 Å². The topological polar surface area (TPSA) is 88.6 Å². The summed E-state index contributed by atoms with van der Waals surface area (Å²) in [4.78, 5) is 17.6. The molecule has 1 atom stereocenters. The van der Waals surface area contributed by atoms with Gasteiger partial charge in [0.15, 0.2) is 6.61 Å². The van der Waals surface area contributed by atoms with Crippen molar-refractivity contribution in [2.24, 2.45) is 0 Å². The summed E-state index contributed by atoms with van der Waals surface area (Å²) in [5.74, 6) is -0.863. The van der Waals surface area contributed by atoms with Gasteiger partial charge in [-0.3, -0.25) is 4.79 Å². The highest BCUT2D eigenvalue weighted by molar-refractivity contribution is 7.88. The highest BCUT2D eigenvalue weighted by Gasteiger charge is 2.30. The zero-order valence-electron chi connectivity index (χ0n) is 13.7. The Balaban J connectivity index is 2.06. The van der Waals surface area contributed by atoms with Crippen LogP contribution in [0.1, 0.15) is 23.2 Å². The Morgan fingerprint density at radius 3 is 2.77 bits per heavy atom. The molecule has 2 rings (SSSR count). The largest absolute Gasteiger partial charge is 0.467 e. The minimum Gasteiger partial charge on any atom is -0.467 e. The second-order valence-corrected chi connectivity index (χ2v) is 8.08. The van der Waals surface area contributed by atoms with Crippen LogP contribution >= 0.6 is 11.6 Å². The third kappa shape index (κ3) is 6.29. The number of rotatable bonds is 5. The van der Waals surface area contributed by atoms with Crippen LogP contribution in [-0.2, 0) is 10.0 Å². The first-order valence-electron chi connectivity index (χ1n) is 7.56. The second-order valence-electron chi connectivity index (χ2n) is 5.90. The van der Waals surface area contributed by atoms with E-state index in [1.165, 1.54) is 11.0 Å². The van der Waals surface area contributed by atoms with Crippen LogP contribution in [0.15, 0.2) is 12.3 Å². The number of sulfonamides is 1. The number of alkyl halides is 3. The molecule has 0 saturated carbocycles. The molecule has 12 heteroatoms. The number of pyridine rings is 1. The molecule has 1 aliphatic rings. The number of nitrogens with one attached hydrogen (secondary N) is 1. The molecule has 146 valence electrons. The predicted octanol–water partition coefficient (Wildman–Crippen LogP) is 1.83. The van der Waals surface area contributed by atoms with Crippen LogP contribution in [0.3, 0.4) is 0 Å². The molecule has 1 fully saturated rings. The van der Waals surface area contributed by atoms with Gasteiger partial charge in [-0.05, 0) is 18.9 Å². The minimum absolute atomic E-state index is 0.0781. The number of amides is 1. The summed E-state index contributed by atoms with van der Waals surface area (Å²) in [6.07, 6.45) is -1.22. The normalized spacial score (nSPS) is 18.7. The molecule has 0 bridgehead atoms. The number of aromatic nitrogens is 1. The van der Waals surface area contributed by atoms with Gasteiger partial charge < -0.3 is 9.64 Å². The number of carbonyl (C=O) groups is 1. The lowest BCUT2D eigenvalue weighted by Crippen LogP contribution is -2.49. The Kier molecular flexibility index (Phi) is 6.35. The molecular weight excluding hydrogens is 399 g/mol. The van der Waals surface area contributed by atoms with Crippen molar-refractivity contribution in [3.8, 4) is 5.88 Å². The fourth-order valence-electron chi connectivity index (χ4n) is 2.54. The third-order valence-electron chi connectivity index (χ3n) is 3.52. The van der Waals surface area contributed by atoms with E-state index in [0.717, 1.165) is 12.5 Å². The third-order valence-corrected chi connectivity index (χ3v) is 4.55. The van der Waals surface area contributed by atoms with E-state index in [0.29, 0.717) is 19.4 Å². The van der Waals surface area contributed by atoms with E-state index < -0.39 is 40.6 Å². The molecule has 1 amide bonds. The SMILES string of the molecule is CS(=O)(=O)NC1CCCN(C(=O)c2cnc(OCC(F)(F)F)c(Cl)c2)C1. The van der Waals surface area contributed by atoms with Gasteiger partial charge in [0.05, 0.1) is 11.8 Å². The lowest BCUT2D eigenvalue weighted by molar-refractivity contribution is -0.154. The fourth-order valence-corrected chi connectivity index (χ4v) is 3.56. The molecule has 0 aliphatic carbocycles. The summed E-state index contributed by atoms with van der Waals surface area (Å²) in [7, 11) is -3.40. The maximum absolute atomic E-state index is 12.5. The first-order chi connectivity index (χ1) is 11.9. The smallest absolute Gasteiger partial charge is 0.422 e. The van der Waals surface area contributed by atoms with Crippen molar-refractivity contribution in [2.45, 2.75) is 25.1 Å². The van der Waals surface area contributed by atoms with Gasteiger partial charge in [0, 0.05) is 25.3 Å². The fraction of sp³-hybridized carbons (Fsp3) is 0.571. The average molecular weight is 416 g/mol. The summed E-state index contributed by atoms with van der Waals surface area (Å²) >= 11 is 5.84. The van der Waals surface area contributed by atoms with Crippen LogP contribution in [0.4, 0.5) is 13.2 Å². The molecule has 26 heavy (non-hydrogen) atoms. The summed E-state index contributed by atoms with van der Waals surface area (Å²) < 4.78 is 66.1. The van der Waals surface area contributed by atoms with Crippen molar-refractivity contribution in [2.75, 3.05) is 26.0 Å². The Bertz CT molecular complexity index is 773. The van der Waals surface area contributed by atoms with E-state index in [4.69, 9.17) is 11.6 Å². The predicted molar refractivity (Wildman–Crippen MR) is 87.7 cm³/mol. The van der Waals surface area contributed by atoms with Gasteiger partial charge in [0.1, 0.15) is 5.02 Å². The molecule has 1 aromatic heterocycles. The summed E-state index contributed by atoms with van der Waals surface area (Å²) in [6, 6.07) is 0.774. The first-order valence-corrected chi connectivity index (χ1v) is 9.83. The van der Waals surface area contributed by atoms with Crippen molar-refractivity contribution in [1.82, 2.24) is 14.6 Å². The molecule has 1 aromatic rings. The van der Waals surface area contributed by atoms with E-state index in [2.05, 4.69) is 14.4 Å². The van der Waals surface area contributed by atoms with Crippen LogP contribution in [0.25, 0.3) is 0 Å². The van der Waals surface area contributed by atoms with Gasteiger partial charge >= 0.3 is 6.18 Å². The van der Waals surface area contributed by atoms with E-state index in [-0.39, 0.29) is 17.1 Å². The molecule has 1 saturated heterocycles. The molecule has 0 radical (unpaired) electrons. The van der Waals surface area contributed by atoms with E-state index in [1.54, 1.807) is 0 Å². The number of hydrogen-bond donors (Lipinski definition) is 1. The van der Waals surface area contributed by atoms with Gasteiger partial charge in [-0.1, -0.05) is 11.6 Å².